The van der Waals surface area contributed by atoms with Gasteiger partial charge in [-0.05, 0) is 12.5 Å². The predicted molar refractivity (Wildman–Crippen MR) is 78.1 cm³/mol. The van der Waals surface area contributed by atoms with Crippen molar-refractivity contribution < 1.29 is 4.79 Å². The van der Waals surface area contributed by atoms with E-state index in [2.05, 4.69) is 22.4 Å². The molecule has 2 rings (SSSR count). The molecule has 0 saturated carbocycles. The maximum Gasteiger partial charge on any atom is 0.237 e. The second kappa shape index (κ2) is 6.86. The molecule has 3 N–H and O–H groups in total. The van der Waals surface area contributed by atoms with Gasteiger partial charge in [0.2, 0.25) is 5.91 Å². The molecule has 1 aromatic heterocycles. The van der Waals surface area contributed by atoms with Gasteiger partial charge in [0.25, 0.3) is 0 Å². The highest BCUT2D eigenvalue weighted by Crippen LogP contribution is 2.05. The number of hydrogen-bond acceptors (Lipinski definition) is 3. The van der Waals surface area contributed by atoms with Gasteiger partial charge in [-0.1, -0.05) is 30.3 Å². The molecular formula is C15H20N4O. The molecule has 5 nitrogen and oxygen atoms in total. The summed E-state index contributed by atoms with van der Waals surface area (Å²) in [5.41, 5.74) is 7.88. The van der Waals surface area contributed by atoms with Crippen molar-refractivity contribution in [2.75, 3.05) is 6.54 Å². The quantitative estimate of drug-likeness (QED) is 0.822. The smallest absolute Gasteiger partial charge is 0.237 e. The maximum atomic E-state index is 11.6. The van der Waals surface area contributed by atoms with Gasteiger partial charge in [0.15, 0.2) is 0 Å². The van der Waals surface area contributed by atoms with Crippen molar-refractivity contribution >= 4 is 5.91 Å². The number of likely N-dealkylation sites (N-methyl/N-ethyl adjacent to an activating group) is 1. The maximum absolute atomic E-state index is 11.6. The SMILES string of the molecule is CCNC(=O)[C@@H](N)Cc1cn(Cc2ccccc2)cn1. The highest BCUT2D eigenvalue weighted by atomic mass is 16.2. The summed E-state index contributed by atoms with van der Waals surface area (Å²) in [4.78, 5) is 15.9. The number of aromatic nitrogens is 2. The van der Waals surface area contributed by atoms with E-state index in [1.807, 2.05) is 35.9 Å². The lowest BCUT2D eigenvalue weighted by Gasteiger charge is -2.09. The zero-order valence-corrected chi connectivity index (χ0v) is 11.6. The number of rotatable bonds is 6. The van der Waals surface area contributed by atoms with Crippen molar-refractivity contribution in [2.24, 2.45) is 5.73 Å². The molecule has 106 valence electrons. The largest absolute Gasteiger partial charge is 0.355 e. The molecule has 0 spiro atoms. The van der Waals surface area contributed by atoms with Gasteiger partial charge < -0.3 is 15.6 Å². The molecule has 0 aliphatic heterocycles. The standard InChI is InChI=1S/C15H20N4O/c1-2-17-15(20)14(16)8-13-10-19(11-18-13)9-12-6-4-3-5-7-12/h3-7,10-11,14H,2,8-9,16H2,1H3,(H,17,20)/t14-/m0/s1. The minimum atomic E-state index is -0.546. The first-order chi connectivity index (χ1) is 9.69. The summed E-state index contributed by atoms with van der Waals surface area (Å²) in [5.74, 6) is -0.134. The third-order valence-electron chi connectivity index (χ3n) is 3.01. The fourth-order valence-electron chi connectivity index (χ4n) is 2.02. The van der Waals surface area contributed by atoms with Crippen molar-refractivity contribution in [1.29, 1.82) is 0 Å². The van der Waals surface area contributed by atoms with Crippen LogP contribution in [-0.2, 0) is 17.8 Å². The van der Waals surface area contributed by atoms with Crippen LogP contribution in [0.25, 0.3) is 0 Å². The second-order valence-corrected chi connectivity index (χ2v) is 4.73. The zero-order valence-electron chi connectivity index (χ0n) is 11.6. The first-order valence-corrected chi connectivity index (χ1v) is 6.77. The monoisotopic (exact) mass is 272 g/mol. The fourth-order valence-corrected chi connectivity index (χ4v) is 2.02. The number of nitrogens with two attached hydrogens (primary N) is 1. The van der Waals surface area contributed by atoms with Crippen LogP contribution < -0.4 is 11.1 Å². The Balaban J connectivity index is 1.94. The number of carbonyl (C=O) groups is 1. The molecule has 0 unspecified atom stereocenters. The molecule has 0 bridgehead atoms. The first kappa shape index (κ1) is 14.3. The second-order valence-electron chi connectivity index (χ2n) is 4.73. The van der Waals surface area contributed by atoms with E-state index in [-0.39, 0.29) is 5.91 Å². The summed E-state index contributed by atoms with van der Waals surface area (Å²) in [6, 6.07) is 9.61. The Bertz CT molecular complexity index is 550. The molecule has 2 aromatic rings. The third kappa shape index (κ3) is 3.93. The average Bonchev–Trinajstić information content (AvgIpc) is 2.87. The zero-order chi connectivity index (χ0) is 14.4. The average molecular weight is 272 g/mol. The lowest BCUT2D eigenvalue weighted by atomic mass is 10.1. The molecule has 1 atom stereocenters. The Morgan fingerprint density at radius 3 is 2.85 bits per heavy atom. The topological polar surface area (TPSA) is 72.9 Å². The molecule has 0 saturated heterocycles. The van der Waals surface area contributed by atoms with Gasteiger partial charge in [0.1, 0.15) is 0 Å². The number of imidazole rings is 1. The predicted octanol–water partition coefficient (Wildman–Crippen LogP) is 0.937. The van der Waals surface area contributed by atoms with Crippen molar-refractivity contribution in [1.82, 2.24) is 14.9 Å². The van der Waals surface area contributed by atoms with Crippen LogP contribution in [0.1, 0.15) is 18.2 Å². The van der Waals surface area contributed by atoms with Gasteiger partial charge in [-0.15, -0.1) is 0 Å². The lowest BCUT2D eigenvalue weighted by molar-refractivity contribution is -0.122. The summed E-state index contributed by atoms with van der Waals surface area (Å²) in [5, 5.41) is 2.71. The fraction of sp³-hybridized carbons (Fsp3) is 0.333. The van der Waals surface area contributed by atoms with E-state index in [1.54, 1.807) is 6.33 Å². The van der Waals surface area contributed by atoms with Crippen LogP contribution >= 0.6 is 0 Å². The van der Waals surface area contributed by atoms with E-state index in [9.17, 15) is 4.79 Å². The van der Waals surface area contributed by atoms with Gasteiger partial charge in [0.05, 0.1) is 18.1 Å². The normalized spacial score (nSPS) is 12.1. The number of benzene rings is 1. The van der Waals surface area contributed by atoms with Crippen LogP contribution in [0, 0.1) is 0 Å². The Morgan fingerprint density at radius 2 is 2.15 bits per heavy atom. The van der Waals surface area contributed by atoms with Crippen LogP contribution in [0.4, 0.5) is 0 Å². The van der Waals surface area contributed by atoms with Crippen LogP contribution in [0.15, 0.2) is 42.9 Å². The number of nitrogens with zero attached hydrogens (tertiary/aromatic N) is 2. The van der Waals surface area contributed by atoms with E-state index in [4.69, 9.17) is 5.73 Å². The van der Waals surface area contributed by atoms with Gasteiger partial charge >= 0.3 is 0 Å². The number of nitrogens with one attached hydrogen (secondary N) is 1. The van der Waals surface area contributed by atoms with Crippen molar-refractivity contribution in [3.05, 3.63) is 54.1 Å². The molecule has 1 heterocycles. The Hall–Kier alpha value is -2.14. The van der Waals surface area contributed by atoms with Crippen molar-refractivity contribution in [2.45, 2.75) is 25.9 Å². The number of hydrogen-bond donors (Lipinski definition) is 2. The molecule has 5 heteroatoms. The molecular weight excluding hydrogens is 252 g/mol. The van der Waals surface area contributed by atoms with Crippen molar-refractivity contribution in [3.63, 3.8) is 0 Å². The highest BCUT2D eigenvalue weighted by molar-refractivity contribution is 5.81. The van der Waals surface area contributed by atoms with Gasteiger partial charge in [-0.3, -0.25) is 4.79 Å². The van der Waals surface area contributed by atoms with Gasteiger partial charge in [-0.25, -0.2) is 4.98 Å². The van der Waals surface area contributed by atoms with Crippen LogP contribution in [-0.4, -0.2) is 28.0 Å². The van der Waals surface area contributed by atoms with E-state index >= 15 is 0 Å². The lowest BCUT2D eigenvalue weighted by Crippen LogP contribution is -2.41. The number of carbonyl (C=O) groups excluding carboxylic acids is 1. The molecule has 20 heavy (non-hydrogen) atoms. The van der Waals surface area contributed by atoms with Crippen molar-refractivity contribution in [3.8, 4) is 0 Å². The molecule has 0 aliphatic carbocycles. The molecule has 0 fully saturated rings. The minimum Gasteiger partial charge on any atom is -0.355 e. The Kier molecular flexibility index (Phi) is 4.90. The summed E-state index contributed by atoms with van der Waals surface area (Å²) in [7, 11) is 0. The van der Waals surface area contributed by atoms with E-state index in [1.165, 1.54) is 5.56 Å². The van der Waals surface area contributed by atoms with Gasteiger partial charge in [0, 0.05) is 25.7 Å². The van der Waals surface area contributed by atoms with Crippen LogP contribution in [0.2, 0.25) is 0 Å². The summed E-state index contributed by atoms with van der Waals surface area (Å²) < 4.78 is 2.00. The summed E-state index contributed by atoms with van der Waals surface area (Å²) in [6.07, 6.45) is 4.16. The third-order valence-corrected chi connectivity index (χ3v) is 3.01. The Labute approximate surface area is 118 Å². The van der Waals surface area contributed by atoms with Crippen LogP contribution in [0.5, 0.6) is 0 Å². The summed E-state index contributed by atoms with van der Waals surface area (Å²) in [6.45, 7) is 3.23. The Morgan fingerprint density at radius 1 is 1.40 bits per heavy atom. The number of amides is 1. The molecule has 0 radical (unpaired) electrons. The molecule has 1 aromatic carbocycles. The van der Waals surface area contributed by atoms with Gasteiger partial charge in [-0.2, -0.15) is 0 Å². The minimum absolute atomic E-state index is 0.134. The van der Waals surface area contributed by atoms with E-state index < -0.39 is 6.04 Å². The summed E-state index contributed by atoms with van der Waals surface area (Å²) >= 11 is 0. The molecule has 0 aliphatic rings. The first-order valence-electron chi connectivity index (χ1n) is 6.77. The molecule has 1 amide bonds. The highest BCUT2D eigenvalue weighted by Gasteiger charge is 2.14. The van der Waals surface area contributed by atoms with Crippen LogP contribution in [0.3, 0.4) is 0 Å². The van der Waals surface area contributed by atoms with E-state index in [0.717, 1.165) is 12.2 Å². The van der Waals surface area contributed by atoms with E-state index in [0.29, 0.717) is 13.0 Å².